The molecule has 0 nitrogen and oxygen atoms in total. The zero-order chi connectivity index (χ0) is 15.1. The molecule has 2 aromatic carbocycles. The Labute approximate surface area is 182 Å². The Morgan fingerprint density at radius 3 is 1.71 bits per heavy atom. The summed E-state index contributed by atoms with van der Waals surface area (Å²) in [6.07, 6.45) is 0. The van der Waals surface area contributed by atoms with E-state index >= 15 is 0 Å². The van der Waals surface area contributed by atoms with Crippen molar-refractivity contribution >= 4 is 13.3 Å². The second-order valence-electron chi connectivity index (χ2n) is 7.64. The van der Waals surface area contributed by atoms with E-state index in [9.17, 15) is 0 Å². The molecule has 0 aliphatic heterocycles. The van der Waals surface area contributed by atoms with E-state index in [1.165, 1.54) is 22.3 Å². The van der Waals surface area contributed by atoms with Gasteiger partial charge in [-0.25, -0.2) is 11.3 Å². The van der Waals surface area contributed by atoms with Gasteiger partial charge in [0.05, 0.1) is 0 Å². The summed E-state index contributed by atoms with van der Waals surface area (Å²) in [4.78, 5) is 0. The minimum absolute atomic E-state index is 0. The monoisotopic (exact) mass is 436 g/mol. The maximum absolute atomic E-state index is 2.43. The van der Waals surface area contributed by atoms with Crippen molar-refractivity contribution in [3.8, 4) is 0 Å². The van der Waals surface area contributed by atoms with Crippen LogP contribution < -0.4 is 42.4 Å². The zero-order valence-electron chi connectivity index (χ0n) is 15.6. The van der Waals surface area contributed by atoms with E-state index in [1.807, 2.05) is 0 Å². The third kappa shape index (κ3) is 6.59. The molecule has 132 valence electrons. The van der Waals surface area contributed by atoms with Crippen molar-refractivity contribution in [2.24, 2.45) is 0 Å². The van der Waals surface area contributed by atoms with Gasteiger partial charge in [0.25, 0.3) is 0 Å². The Bertz CT molecular complexity index is 608. The first-order valence-electron chi connectivity index (χ1n) is 7.47. The van der Waals surface area contributed by atoms with Gasteiger partial charge in [-0.2, -0.15) is 12.1 Å². The van der Waals surface area contributed by atoms with E-state index < -0.39 is 8.07 Å². The van der Waals surface area contributed by atoms with E-state index in [1.54, 1.807) is 5.19 Å². The van der Waals surface area contributed by atoms with Crippen LogP contribution in [0, 0.1) is 13.8 Å². The fourth-order valence-corrected chi connectivity index (χ4v) is 3.97. The first-order valence-corrected chi connectivity index (χ1v) is 11.0. The van der Waals surface area contributed by atoms with Gasteiger partial charge < -0.3 is 37.2 Å². The van der Waals surface area contributed by atoms with E-state index in [4.69, 9.17) is 0 Å². The van der Waals surface area contributed by atoms with Crippen molar-refractivity contribution in [2.75, 3.05) is 0 Å². The topological polar surface area (TPSA) is 0 Å². The van der Waals surface area contributed by atoms with E-state index in [0.29, 0.717) is 0 Å². The number of aryl methyl sites for hydroxylation is 2. The third-order valence-corrected chi connectivity index (χ3v) is 6.33. The minimum atomic E-state index is -1.21. The predicted octanol–water partition coefficient (Wildman–Crippen LogP) is -4.10. The molecular formula is C19H27Cl3SiTi. The molecule has 0 heterocycles. The summed E-state index contributed by atoms with van der Waals surface area (Å²) in [6.45, 7) is 16.3. The van der Waals surface area contributed by atoms with Gasteiger partial charge in [-0.15, -0.1) is 5.56 Å². The fourth-order valence-electron chi connectivity index (χ4n) is 2.80. The molecule has 24 heavy (non-hydrogen) atoms. The Morgan fingerprint density at radius 1 is 0.875 bits per heavy atom. The Hall–Kier alpha value is 0.371. The average Bonchev–Trinajstić information content (AvgIpc) is 2.76. The summed E-state index contributed by atoms with van der Waals surface area (Å²) in [6, 6.07) is 14.0. The summed E-state index contributed by atoms with van der Waals surface area (Å²) < 4.78 is 0. The molecule has 0 fully saturated rings. The quantitative estimate of drug-likeness (QED) is 0.338. The standard InChI is InChI=1S/C19H27Si.3ClH.Ti/c1-14-10-15(2)12-17(11-14)19(3,4)16-8-9-18(13-16)20(5,6)7;;;;/h8-13H,1-7H3;3*1H;/q-1;;;;+4/p-3. The summed E-state index contributed by atoms with van der Waals surface area (Å²) in [5.74, 6) is 0. The minimum Gasteiger partial charge on any atom is -1.00 e. The van der Waals surface area contributed by atoms with Crippen LogP contribution in [0.25, 0.3) is 0 Å². The van der Waals surface area contributed by atoms with Crippen LogP contribution in [0.15, 0.2) is 36.4 Å². The van der Waals surface area contributed by atoms with Crippen molar-refractivity contribution in [2.45, 2.75) is 52.8 Å². The summed E-state index contributed by atoms with van der Waals surface area (Å²) in [7, 11) is -1.21. The van der Waals surface area contributed by atoms with Gasteiger partial charge in [0, 0.05) is 8.07 Å². The maximum Gasteiger partial charge on any atom is 4.00 e. The Kier molecular flexibility index (Phi) is 12.8. The van der Waals surface area contributed by atoms with Crippen LogP contribution in [0.5, 0.6) is 0 Å². The molecule has 0 saturated carbocycles. The molecule has 0 atom stereocenters. The van der Waals surface area contributed by atoms with Crippen LogP contribution in [0.4, 0.5) is 0 Å². The van der Waals surface area contributed by atoms with Crippen LogP contribution in [-0.4, -0.2) is 8.07 Å². The number of benzene rings is 1. The van der Waals surface area contributed by atoms with Gasteiger partial charge in [-0.05, 0) is 24.8 Å². The Morgan fingerprint density at radius 2 is 1.33 bits per heavy atom. The van der Waals surface area contributed by atoms with Crippen molar-refractivity contribution < 1.29 is 58.9 Å². The molecule has 0 bridgehead atoms. The first kappa shape index (κ1) is 29.1. The maximum atomic E-state index is 2.43. The first-order chi connectivity index (χ1) is 9.10. The van der Waals surface area contributed by atoms with Gasteiger partial charge in [0.1, 0.15) is 0 Å². The molecule has 2 aromatic rings. The normalized spacial score (nSPS) is 10.6. The molecule has 0 aliphatic carbocycles. The van der Waals surface area contributed by atoms with Crippen LogP contribution in [0.1, 0.15) is 36.1 Å². The van der Waals surface area contributed by atoms with Gasteiger partial charge in [-0.1, -0.05) is 62.8 Å². The van der Waals surface area contributed by atoms with Crippen molar-refractivity contribution in [1.82, 2.24) is 0 Å². The molecule has 0 radical (unpaired) electrons. The molecule has 0 aliphatic rings. The SMILES string of the molecule is Cc1cc(C)cc(C(C)(C)[c-]2ccc([Si](C)(C)C)c2)c1.[Cl-].[Cl-].[Cl-].[Ti+4]. The third-order valence-electron chi connectivity index (χ3n) is 4.28. The molecule has 0 N–H and O–H groups in total. The van der Waals surface area contributed by atoms with Crippen molar-refractivity contribution in [1.29, 1.82) is 0 Å². The van der Waals surface area contributed by atoms with Crippen LogP contribution in [-0.2, 0) is 27.1 Å². The van der Waals surface area contributed by atoms with Gasteiger partial charge in [0.15, 0.2) is 0 Å². The van der Waals surface area contributed by atoms with E-state index in [2.05, 4.69) is 83.7 Å². The van der Waals surface area contributed by atoms with E-state index in [0.717, 1.165) is 0 Å². The van der Waals surface area contributed by atoms with Crippen LogP contribution in [0.2, 0.25) is 19.6 Å². The van der Waals surface area contributed by atoms with Crippen molar-refractivity contribution in [3.63, 3.8) is 0 Å². The zero-order valence-corrected chi connectivity index (χ0v) is 20.4. The van der Waals surface area contributed by atoms with Crippen LogP contribution >= 0.6 is 0 Å². The number of rotatable bonds is 3. The molecule has 0 saturated heterocycles. The Balaban J connectivity index is -0.00000110. The molecular weight excluding hydrogens is 411 g/mol. The van der Waals surface area contributed by atoms with Gasteiger partial charge >= 0.3 is 21.7 Å². The number of hydrogen-bond donors (Lipinski definition) is 0. The second-order valence-corrected chi connectivity index (χ2v) is 12.7. The smallest absolute Gasteiger partial charge is 1.00 e. The average molecular weight is 438 g/mol. The molecule has 0 spiro atoms. The molecule has 2 rings (SSSR count). The fraction of sp³-hybridized carbons (Fsp3) is 0.421. The van der Waals surface area contributed by atoms with Gasteiger partial charge in [0.2, 0.25) is 0 Å². The van der Waals surface area contributed by atoms with E-state index in [-0.39, 0.29) is 64.4 Å². The molecule has 0 unspecified atom stereocenters. The van der Waals surface area contributed by atoms with Crippen LogP contribution in [0.3, 0.4) is 0 Å². The summed E-state index contributed by atoms with van der Waals surface area (Å²) in [5, 5.41) is 1.56. The number of hydrogen-bond acceptors (Lipinski definition) is 0. The van der Waals surface area contributed by atoms with Gasteiger partial charge in [-0.3, -0.25) is 0 Å². The molecule has 0 aromatic heterocycles. The molecule has 5 heteroatoms. The summed E-state index contributed by atoms with van der Waals surface area (Å²) in [5.41, 5.74) is 5.65. The number of halogens is 3. The molecule has 0 amide bonds. The predicted molar refractivity (Wildman–Crippen MR) is 93.1 cm³/mol. The summed E-state index contributed by atoms with van der Waals surface area (Å²) >= 11 is 0. The van der Waals surface area contributed by atoms with Crippen molar-refractivity contribution in [3.05, 3.63) is 58.7 Å². The largest absolute Gasteiger partial charge is 4.00 e. The second kappa shape index (κ2) is 10.5.